The SMILES string of the molecule is CCC1(CC)C(=O)NC(C2CC2)C(=O)N1CC(F)F. The Morgan fingerprint density at radius 2 is 1.89 bits per heavy atom. The van der Waals surface area contributed by atoms with E-state index < -0.39 is 24.6 Å². The van der Waals surface area contributed by atoms with E-state index in [1.165, 1.54) is 0 Å². The molecule has 4 nitrogen and oxygen atoms in total. The van der Waals surface area contributed by atoms with Crippen LogP contribution in [0.5, 0.6) is 0 Å². The van der Waals surface area contributed by atoms with Crippen molar-refractivity contribution in [1.29, 1.82) is 0 Å². The van der Waals surface area contributed by atoms with Crippen molar-refractivity contribution in [3.8, 4) is 0 Å². The Morgan fingerprint density at radius 3 is 2.32 bits per heavy atom. The zero-order chi connectivity index (χ0) is 14.2. The average molecular weight is 274 g/mol. The first-order chi connectivity index (χ1) is 8.96. The third-order valence-corrected chi connectivity index (χ3v) is 4.34. The number of nitrogens with one attached hydrogen (secondary N) is 1. The van der Waals surface area contributed by atoms with Crippen LogP contribution in [0.15, 0.2) is 0 Å². The van der Waals surface area contributed by atoms with Crippen LogP contribution in [0.25, 0.3) is 0 Å². The van der Waals surface area contributed by atoms with Gasteiger partial charge in [0.2, 0.25) is 11.8 Å². The van der Waals surface area contributed by atoms with Gasteiger partial charge in [-0.05, 0) is 31.6 Å². The van der Waals surface area contributed by atoms with Crippen LogP contribution in [0.2, 0.25) is 0 Å². The van der Waals surface area contributed by atoms with E-state index in [0.717, 1.165) is 17.7 Å². The highest BCUT2D eigenvalue weighted by atomic mass is 19.3. The molecule has 1 saturated carbocycles. The summed E-state index contributed by atoms with van der Waals surface area (Å²) in [6.45, 7) is 2.86. The van der Waals surface area contributed by atoms with Gasteiger partial charge in [0.1, 0.15) is 11.6 Å². The number of piperazine rings is 1. The molecule has 2 rings (SSSR count). The van der Waals surface area contributed by atoms with E-state index in [2.05, 4.69) is 5.32 Å². The lowest BCUT2D eigenvalue weighted by molar-refractivity contribution is -0.161. The van der Waals surface area contributed by atoms with Gasteiger partial charge in [-0.15, -0.1) is 0 Å². The van der Waals surface area contributed by atoms with Crippen LogP contribution in [-0.2, 0) is 9.59 Å². The summed E-state index contributed by atoms with van der Waals surface area (Å²) < 4.78 is 25.5. The van der Waals surface area contributed by atoms with Crippen molar-refractivity contribution in [1.82, 2.24) is 10.2 Å². The van der Waals surface area contributed by atoms with Gasteiger partial charge in [-0.3, -0.25) is 9.59 Å². The molecule has 0 bridgehead atoms. The first kappa shape index (κ1) is 14.2. The molecule has 1 heterocycles. The fourth-order valence-electron chi connectivity index (χ4n) is 2.94. The van der Waals surface area contributed by atoms with Crippen LogP contribution < -0.4 is 5.32 Å². The predicted molar refractivity (Wildman–Crippen MR) is 65.7 cm³/mol. The molecule has 19 heavy (non-hydrogen) atoms. The summed E-state index contributed by atoms with van der Waals surface area (Å²) in [6.07, 6.45) is -0.155. The minimum absolute atomic E-state index is 0.128. The summed E-state index contributed by atoms with van der Waals surface area (Å²) >= 11 is 0. The summed E-state index contributed by atoms with van der Waals surface area (Å²) in [5.41, 5.74) is -1.11. The van der Waals surface area contributed by atoms with E-state index in [1.54, 1.807) is 13.8 Å². The highest BCUT2D eigenvalue weighted by molar-refractivity contribution is 6.00. The number of rotatable bonds is 5. The van der Waals surface area contributed by atoms with E-state index in [0.29, 0.717) is 12.8 Å². The van der Waals surface area contributed by atoms with E-state index in [9.17, 15) is 18.4 Å². The Balaban J connectivity index is 2.31. The van der Waals surface area contributed by atoms with Crippen molar-refractivity contribution in [3.63, 3.8) is 0 Å². The quantitative estimate of drug-likeness (QED) is 0.827. The van der Waals surface area contributed by atoms with Crippen LogP contribution in [0.3, 0.4) is 0 Å². The second kappa shape index (κ2) is 5.06. The number of carbonyl (C=O) groups is 2. The molecular formula is C13H20F2N2O2. The molecule has 2 fully saturated rings. The molecule has 0 radical (unpaired) electrons. The molecule has 0 aromatic carbocycles. The monoisotopic (exact) mass is 274 g/mol. The third kappa shape index (κ3) is 2.32. The summed E-state index contributed by atoms with van der Waals surface area (Å²) in [5.74, 6) is -0.496. The third-order valence-electron chi connectivity index (χ3n) is 4.34. The molecular weight excluding hydrogens is 254 g/mol. The Kier molecular flexibility index (Phi) is 3.78. The van der Waals surface area contributed by atoms with Gasteiger partial charge in [-0.2, -0.15) is 0 Å². The second-order valence-corrected chi connectivity index (χ2v) is 5.37. The van der Waals surface area contributed by atoms with Crippen molar-refractivity contribution < 1.29 is 18.4 Å². The van der Waals surface area contributed by atoms with Gasteiger partial charge in [-0.25, -0.2) is 8.78 Å². The lowest BCUT2D eigenvalue weighted by Gasteiger charge is -2.47. The first-order valence-corrected chi connectivity index (χ1v) is 6.86. The van der Waals surface area contributed by atoms with Crippen molar-refractivity contribution in [2.24, 2.45) is 5.92 Å². The standard InChI is InChI=1S/C13H20F2N2O2/c1-3-13(4-2)12(19)16-10(8-5-6-8)11(18)17(13)7-9(14)15/h8-10H,3-7H2,1-2H3,(H,16,19). The molecule has 1 N–H and O–H groups in total. The number of amides is 2. The second-order valence-electron chi connectivity index (χ2n) is 5.37. The van der Waals surface area contributed by atoms with E-state index >= 15 is 0 Å². The summed E-state index contributed by atoms with van der Waals surface area (Å²) in [6, 6.07) is -0.600. The molecule has 2 amide bonds. The molecule has 1 aliphatic carbocycles. The zero-order valence-electron chi connectivity index (χ0n) is 11.3. The Labute approximate surface area is 111 Å². The Hall–Kier alpha value is -1.20. The molecule has 108 valence electrons. The summed E-state index contributed by atoms with van der Waals surface area (Å²) in [7, 11) is 0. The van der Waals surface area contributed by atoms with Gasteiger partial charge >= 0.3 is 0 Å². The number of halogens is 2. The van der Waals surface area contributed by atoms with Crippen molar-refractivity contribution >= 4 is 11.8 Å². The molecule has 1 aliphatic heterocycles. The normalized spacial score (nSPS) is 26.8. The lowest BCUT2D eigenvalue weighted by atomic mass is 9.85. The van der Waals surface area contributed by atoms with E-state index in [1.807, 2.05) is 0 Å². The zero-order valence-corrected chi connectivity index (χ0v) is 11.3. The average Bonchev–Trinajstić information content (AvgIpc) is 3.18. The largest absolute Gasteiger partial charge is 0.342 e. The predicted octanol–water partition coefficient (Wildman–Crippen LogP) is 1.55. The first-order valence-electron chi connectivity index (χ1n) is 6.86. The topological polar surface area (TPSA) is 49.4 Å². The highest BCUT2D eigenvalue weighted by Crippen LogP contribution is 2.38. The lowest BCUT2D eigenvalue weighted by Crippen LogP contribution is -2.71. The van der Waals surface area contributed by atoms with Crippen LogP contribution in [0, 0.1) is 5.92 Å². The maximum absolute atomic E-state index is 12.8. The number of carbonyl (C=O) groups excluding carboxylic acids is 2. The molecule has 0 spiro atoms. The molecule has 1 unspecified atom stereocenters. The Bertz CT molecular complexity index is 379. The number of alkyl halides is 2. The molecule has 2 aliphatic rings. The fourth-order valence-corrected chi connectivity index (χ4v) is 2.94. The number of nitrogens with zero attached hydrogens (tertiary/aromatic N) is 1. The van der Waals surface area contributed by atoms with Crippen LogP contribution in [0.4, 0.5) is 8.78 Å². The van der Waals surface area contributed by atoms with E-state index in [4.69, 9.17) is 0 Å². The Morgan fingerprint density at radius 1 is 1.32 bits per heavy atom. The smallest absolute Gasteiger partial charge is 0.255 e. The van der Waals surface area contributed by atoms with Crippen molar-refractivity contribution in [3.05, 3.63) is 0 Å². The summed E-state index contributed by atoms with van der Waals surface area (Å²) in [4.78, 5) is 25.8. The summed E-state index contributed by atoms with van der Waals surface area (Å²) in [5, 5.41) is 2.75. The van der Waals surface area contributed by atoms with E-state index in [-0.39, 0.29) is 17.7 Å². The maximum atomic E-state index is 12.8. The van der Waals surface area contributed by atoms with Gasteiger partial charge in [0.25, 0.3) is 6.43 Å². The van der Waals surface area contributed by atoms with Crippen molar-refractivity contribution in [2.45, 2.75) is 57.5 Å². The molecule has 0 aromatic rings. The maximum Gasteiger partial charge on any atom is 0.255 e. The van der Waals surface area contributed by atoms with Gasteiger partial charge in [0.15, 0.2) is 0 Å². The molecule has 1 atom stereocenters. The number of hydrogen-bond acceptors (Lipinski definition) is 2. The van der Waals surface area contributed by atoms with Crippen LogP contribution >= 0.6 is 0 Å². The van der Waals surface area contributed by atoms with Crippen LogP contribution in [0.1, 0.15) is 39.5 Å². The highest BCUT2D eigenvalue weighted by Gasteiger charge is 2.54. The van der Waals surface area contributed by atoms with Gasteiger partial charge in [0, 0.05) is 0 Å². The molecule has 1 saturated heterocycles. The van der Waals surface area contributed by atoms with Gasteiger partial charge in [-0.1, -0.05) is 13.8 Å². The minimum atomic E-state index is -2.62. The van der Waals surface area contributed by atoms with Crippen LogP contribution in [-0.4, -0.2) is 41.3 Å². The number of hydrogen-bond donors (Lipinski definition) is 1. The molecule has 0 aromatic heterocycles. The van der Waals surface area contributed by atoms with Crippen molar-refractivity contribution in [2.75, 3.05) is 6.54 Å². The minimum Gasteiger partial charge on any atom is -0.342 e. The molecule has 6 heteroatoms. The van der Waals surface area contributed by atoms with Gasteiger partial charge < -0.3 is 10.2 Å². The fraction of sp³-hybridized carbons (Fsp3) is 0.846. The van der Waals surface area contributed by atoms with Gasteiger partial charge in [0.05, 0.1) is 6.54 Å².